The Labute approximate surface area is 153 Å². The normalized spacial score (nSPS) is 22.8. The van der Waals surface area contributed by atoms with Crippen LogP contribution in [0.4, 0.5) is 0 Å². The third kappa shape index (κ3) is 3.99. The third-order valence-electron chi connectivity index (χ3n) is 3.77. The second-order valence-corrected chi connectivity index (χ2v) is 10.1. The van der Waals surface area contributed by atoms with Crippen LogP contribution in [0, 0.1) is 0 Å². The summed E-state index contributed by atoms with van der Waals surface area (Å²) < 4.78 is 23.1. The highest BCUT2D eigenvalue weighted by molar-refractivity contribution is 7.99. The van der Waals surface area contributed by atoms with Crippen molar-refractivity contribution < 1.29 is 13.2 Å². The Morgan fingerprint density at radius 3 is 2.88 bits per heavy atom. The van der Waals surface area contributed by atoms with E-state index in [1.54, 1.807) is 19.1 Å². The third-order valence-corrected chi connectivity index (χ3v) is 7.05. The first-order chi connectivity index (χ1) is 11.2. The van der Waals surface area contributed by atoms with E-state index in [0.29, 0.717) is 32.7 Å². The van der Waals surface area contributed by atoms with Gasteiger partial charge in [0.15, 0.2) is 15.0 Å². The number of halogens is 2. The summed E-state index contributed by atoms with van der Waals surface area (Å²) in [5.41, 5.74) is 0.600. The highest BCUT2D eigenvalue weighted by Crippen LogP contribution is 2.29. The van der Waals surface area contributed by atoms with Gasteiger partial charge in [0.1, 0.15) is 5.52 Å². The molecule has 0 radical (unpaired) electrons. The van der Waals surface area contributed by atoms with Crippen molar-refractivity contribution in [3.63, 3.8) is 0 Å². The monoisotopic (exact) mass is 407 g/mol. The zero-order chi connectivity index (χ0) is 17.5. The number of hydrogen-bond donors (Lipinski definition) is 2. The summed E-state index contributed by atoms with van der Waals surface area (Å²) >= 11 is 13.2. The first-order valence-electron chi connectivity index (χ1n) is 7.15. The van der Waals surface area contributed by atoms with E-state index in [1.165, 1.54) is 11.8 Å². The van der Waals surface area contributed by atoms with Crippen LogP contribution in [0.25, 0.3) is 11.0 Å². The summed E-state index contributed by atoms with van der Waals surface area (Å²) in [6.45, 7) is 1.75. The van der Waals surface area contributed by atoms with Crippen LogP contribution in [-0.2, 0) is 14.6 Å². The highest BCUT2D eigenvalue weighted by atomic mass is 35.5. The number of nitrogens with one attached hydrogen (secondary N) is 2. The van der Waals surface area contributed by atoms with Crippen molar-refractivity contribution in [2.24, 2.45) is 0 Å². The maximum absolute atomic E-state index is 12.1. The van der Waals surface area contributed by atoms with Gasteiger partial charge in [-0.1, -0.05) is 35.0 Å². The summed E-state index contributed by atoms with van der Waals surface area (Å²) in [4.78, 5) is 19.5. The summed E-state index contributed by atoms with van der Waals surface area (Å²) in [5, 5.41) is 4.30. The predicted octanol–water partition coefficient (Wildman–Crippen LogP) is 2.66. The lowest BCUT2D eigenvalue weighted by molar-refractivity contribution is -0.120. The molecule has 24 heavy (non-hydrogen) atoms. The van der Waals surface area contributed by atoms with Gasteiger partial charge in [-0.05, 0) is 25.5 Å². The molecule has 0 aliphatic carbocycles. The second kappa shape index (κ2) is 6.40. The molecule has 1 atom stereocenters. The minimum Gasteiger partial charge on any atom is -0.349 e. The molecule has 3 rings (SSSR count). The standard InChI is InChI=1S/C14H15Cl2N3O3S2/c1-14(2-3-24(21,22)7-14)19-11(20)6-23-13-17-10-5-8(15)4-9(16)12(10)18-13/h4-5H,2-3,6-7H2,1H3,(H,17,18)(H,19,20)/t14-/m0/s1. The fraction of sp³-hybridized carbons (Fsp3) is 0.429. The molecule has 2 N–H and O–H groups in total. The van der Waals surface area contributed by atoms with Crippen LogP contribution in [0.5, 0.6) is 0 Å². The van der Waals surface area contributed by atoms with Crippen molar-refractivity contribution in [2.75, 3.05) is 17.3 Å². The molecule has 1 amide bonds. The number of nitrogens with zero attached hydrogens (tertiary/aromatic N) is 1. The van der Waals surface area contributed by atoms with E-state index in [2.05, 4.69) is 15.3 Å². The molecule has 0 spiro atoms. The van der Waals surface area contributed by atoms with Gasteiger partial charge in [0.2, 0.25) is 5.91 Å². The van der Waals surface area contributed by atoms with Crippen LogP contribution >= 0.6 is 35.0 Å². The quantitative estimate of drug-likeness (QED) is 0.759. The van der Waals surface area contributed by atoms with Crippen LogP contribution in [0.2, 0.25) is 10.0 Å². The number of benzene rings is 1. The Morgan fingerprint density at radius 1 is 1.46 bits per heavy atom. The van der Waals surface area contributed by atoms with Gasteiger partial charge in [-0.3, -0.25) is 4.79 Å². The number of fused-ring (bicyclic) bond motifs is 1. The summed E-state index contributed by atoms with van der Waals surface area (Å²) in [6, 6.07) is 3.32. The number of hydrogen-bond acceptors (Lipinski definition) is 5. The van der Waals surface area contributed by atoms with Crippen LogP contribution in [-0.4, -0.2) is 47.1 Å². The lowest BCUT2D eigenvalue weighted by Crippen LogP contribution is -2.47. The number of carbonyl (C=O) groups is 1. The molecule has 2 aromatic rings. The van der Waals surface area contributed by atoms with Gasteiger partial charge >= 0.3 is 0 Å². The zero-order valence-corrected chi connectivity index (χ0v) is 15.9. The van der Waals surface area contributed by atoms with E-state index in [0.717, 1.165) is 0 Å². The van der Waals surface area contributed by atoms with E-state index < -0.39 is 15.4 Å². The Morgan fingerprint density at radius 2 is 2.21 bits per heavy atom. The molecular weight excluding hydrogens is 393 g/mol. The minimum absolute atomic E-state index is 0.0187. The SMILES string of the molecule is C[C@]1(NC(=O)CSc2nc3c(Cl)cc(Cl)cc3[nH]2)CCS(=O)(=O)C1. The molecule has 1 aromatic carbocycles. The van der Waals surface area contributed by atoms with E-state index in [4.69, 9.17) is 23.2 Å². The molecule has 1 fully saturated rings. The number of amides is 1. The van der Waals surface area contributed by atoms with Crippen molar-refractivity contribution in [3.05, 3.63) is 22.2 Å². The van der Waals surface area contributed by atoms with Crippen molar-refractivity contribution >= 4 is 61.7 Å². The maximum Gasteiger partial charge on any atom is 0.230 e. The van der Waals surface area contributed by atoms with Gasteiger partial charge < -0.3 is 10.3 Å². The highest BCUT2D eigenvalue weighted by Gasteiger charge is 2.39. The molecular formula is C14H15Cl2N3O3S2. The van der Waals surface area contributed by atoms with Crippen LogP contribution in [0.1, 0.15) is 13.3 Å². The first kappa shape index (κ1) is 17.8. The summed E-state index contributed by atoms with van der Waals surface area (Å²) in [7, 11) is -3.06. The molecule has 6 nitrogen and oxygen atoms in total. The number of carbonyl (C=O) groups excluding carboxylic acids is 1. The number of rotatable bonds is 4. The molecule has 1 saturated heterocycles. The largest absolute Gasteiger partial charge is 0.349 e. The molecule has 130 valence electrons. The van der Waals surface area contributed by atoms with Crippen LogP contribution in [0.15, 0.2) is 17.3 Å². The molecule has 1 aromatic heterocycles. The Kier molecular flexibility index (Phi) is 4.76. The van der Waals surface area contributed by atoms with E-state index in [9.17, 15) is 13.2 Å². The first-order valence-corrected chi connectivity index (χ1v) is 10.7. The average Bonchev–Trinajstić information content (AvgIpc) is 2.97. The van der Waals surface area contributed by atoms with Gasteiger partial charge in [-0.25, -0.2) is 13.4 Å². The predicted molar refractivity (Wildman–Crippen MR) is 96.7 cm³/mol. The van der Waals surface area contributed by atoms with Gasteiger partial charge in [-0.2, -0.15) is 0 Å². The molecule has 0 bridgehead atoms. The van der Waals surface area contributed by atoms with Gasteiger partial charge in [0.25, 0.3) is 0 Å². The fourth-order valence-corrected chi connectivity index (χ4v) is 6.01. The number of thioether (sulfide) groups is 1. The summed E-state index contributed by atoms with van der Waals surface area (Å²) in [6.07, 6.45) is 0.435. The smallest absolute Gasteiger partial charge is 0.230 e. The number of imidazole rings is 1. The van der Waals surface area contributed by atoms with Crippen molar-refractivity contribution in [2.45, 2.75) is 24.0 Å². The van der Waals surface area contributed by atoms with E-state index in [1.807, 2.05) is 0 Å². The van der Waals surface area contributed by atoms with Gasteiger partial charge in [-0.15, -0.1) is 0 Å². The zero-order valence-electron chi connectivity index (χ0n) is 12.7. The molecule has 2 heterocycles. The Bertz CT molecular complexity index is 913. The topological polar surface area (TPSA) is 91.9 Å². The molecule has 0 unspecified atom stereocenters. The lowest BCUT2D eigenvalue weighted by Gasteiger charge is -2.23. The van der Waals surface area contributed by atoms with E-state index in [-0.39, 0.29) is 23.2 Å². The number of aromatic nitrogens is 2. The fourth-order valence-electron chi connectivity index (χ4n) is 2.70. The van der Waals surface area contributed by atoms with Gasteiger partial charge in [0.05, 0.1) is 33.3 Å². The molecule has 0 saturated carbocycles. The van der Waals surface area contributed by atoms with Gasteiger partial charge in [0, 0.05) is 5.02 Å². The van der Waals surface area contributed by atoms with Crippen molar-refractivity contribution in [3.8, 4) is 0 Å². The number of H-pyrrole nitrogens is 1. The van der Waals surface area contributed by atoms with Crippen molar-refractivity contribution in [1.82, 2.24) is 15.3 Å². The maximum atomic E-state index is 12.1. The summed E-state index contributed by atoms with van der Waals surface area (Å²) in [5.74, 6) is -0.0143. The molecule has 1 aliphatic heterocycles. The Balaban J connectivity index is 1.64. The molecule has 1 aliphatic rings. The van der Waals surface area contributed by atoms with Crippen LogP contribution < -0.4 is 5.32 Å². The Hall–Kier alpha value is -0.960. The van der Waals surface area contributed by atoms with Crippen molar-refractivity contribution in [1.29, 1.82) is 0 Å². The number of sulfone groups is 1. The number of aromatic amines is 1. The minimum atomic E-state index is -3.06. The van der Waals surface area contributed by atoms with Crippen LogP contribution in [0.3, 0.4) is 0 Å². The second-order valence-electron chi connectivity index (χ2n) is 6.07. The lowest BCUT2D eigenvalue weighted by atomic mass is 10.0. The molecule has 10 heteroatoms. The average molecular weight is 408 g/mol. The van der Waals surface area contributed by atoms with E-state index >= 15 is 0 Å².